The highest BCUT2D eigenvalue weighted by atomic mass is 16.3. The number of rotatable bonds is 5. The molecular formula is C46H27N5O2. The molecule has 0 amide bonds. The van der Waals surface area contributed by atoms with E-state index < -0.39 is 0 Å². The monoisotopic (exact) mass is 681 g/mol. The molecule has 0 saturated heterocycles. The molecule has 0 unspecified atom stereocenters. The molecule has 0 bridgehead atoms. The molecule has 0 aliphatic rings. The second kappa shape index (κ2) is 11.6. The number of nitrogens with zero attached hydrogens (tertiary/aromatic N) is 5. The van der Waals surface area contributed by atoms with Crippen LogP contribution < -0.4 is 0 Å². The van der Waals surface area contributed by atoms with E-state index in [0.29, 0.717) is 28.9 Å². The van der Waals surface area contributed by atoms with Gasteiger partial charge >= 0.3 is 0 Å². The summed E-state index contributed by atoms with van der Waals surface area (Å²) in [5.74, 6) is 2.05. The molecule has 11 aromatic rings. The molecule has 7 aromatic carbocycles. The molecule has 0 radical (unpaired) electrons. The van der Waals surface area contributed by atoms with Gasteiger partial charge in [-0.25, -0.2) is 19.9 Å². The quantitative estimate of drug-likeness (QED) is 0.180. The van der Waals surface area contributed by atoms with Crippen LogP contribution in [0.25, 0.3) is 106 Å². The van der Waals surface area contributed by atoms with E-state index in [4.69, 9.17) is 28.8 Å². The minimum Gasteiger partial charge on any atom is -0.455 e. The van der Waals surface area contributed by atoms with Gasteiger partial charge in [0, 0.05) is 38.4 Å². The molecule has 11 rings (SSSR count). The van der Waals surface area contributed by atoms with E-state index >= 15 is 0 Å². The number of furan rings is 1. The lowest BCUT2D eigenvalue weighted by Gasteiger charge is -2.10. The Balaban J connectivity index is 1.16. The van der Waals surface area contributed by atoms with Crippen LogP contribution in [0.15, 0.2) is 173 Å². The summed E-state index contributed by atoms with van der Waals surface area (Å²) in [4.78, 5) is 20.3. The smallest absolute Gasteiger partial charge is 0.227 e. The molecule has 0 spiro atoms. The van der Waals surface area contributed by atoms with Gasteiger partial charge in [0.2, 0.25) is 5.89 Å². The maximum Gasteiger partial charge on any atom is 0.227 e. The van der Waals surface area contributed by atoms with Crippen LogP contribution in [-0.2, 0) is 0 Å². The number of hydrogen-bond donors (Lipinski definition) is 0. The first-order valence-electron chi connectivity index (χ1n) is 17.5. The van der Waals surface area contributed by atoms with Gasteiger partial charge in [-0.2, -0.15) is 0 Å². The number of para-hydroxylation sites is 5. The minimum absolute atomic E-state index is 0.478. The zero-order valence-electron chi connectivity index (χ0n) is 28.1. The van der Waals surface area contributed by atoms with Crippen molar-refractivity contribution < 1.29 is 8.83 Å². The standard InChI is InChI=1S/C46H27N5O2/c1-3-13-28(14-4-1)46-47-37-22-12-21-35(42(37)53-46)45-49-43(48-44(50-45)34-20-11-19-33-32-18-8-10-24-40(32)52-41(33)34)29-25-26-39-36(27-29)31-17-7-9-23-38(31)51(39)30-15-5-2-6-16-30/h1-27H. The summed E-state index contributed by atoms with van der Waals surface area (Å²) in [5.41, 5.74) is 9.46. The Morgan fingerprint density at radius 3 is 1.87 bits per heavy atom. The van der Waals surface area contributed by atoms with Gasteiger partial charge in [0.05, 0.1) is 22.2 Å². The molecule has 7 heteroatoms. The van der Waals surface area contributed by atoms with E-state index in [1.807, 2.05) is 84.9 Å². The fraction of sp³-hybridized carbons (Fsp3) is 0. The number of benzene rings is 7. The molecule has 0 saturated carbocycles. The Morgan fingerprint density at radius 1 is 0.396 bits per heavy atom. The van der Waals surface area contributed by atoms with Crippen LogP contribution >= 0.6 is 0 Å². The number of hydrogen-bond acceptors (Lipinski definition) is 6. The summed E-state index contributed by atoms with van der Waals surface area (Å²) in [6, 6.07) is 55.3. The predicted molar refractivity (Wildman–Crippen MR) is 211 cm³/mol. The van der Waals surface area contributed by atoms with Gasteiger partial charge in [-0.3, -0.25) is 0 Å². The van der Waals surface area contributed by atoms with Gasteiger partial charge in [0.25, 0.3) is 0 Å². The molecule has 4 aromatic heterocycles. The minimum atomic E-state index is 0.478. The Hall–Kier alpha value is -7.38. The van der Waals surface area contributed by atoms with Crippen molar-refractivity contribution >= 4 is 54.8 Å². The normalized spacial score (nSPS) is 11.8. The maximum absolute atomic E-state index is 6.47. The van der Waals surface area contributed by atoms with Crippen LogP contribution in [0.2, 0.25) is 0 Å². The number of oxazole rings is 1. The van der Waals surface area contributed by atoms with Gasteiger partial charge < -0.3 is 13.4 Å². The van der Waals surface area contributed by atoms with Crippen LogP contribution in [0, 0.1) is 0 Å². The molecule has 7 nitrogen and oxygen atoms in total. The first-order valence-corrected chi connectivity index (χ1v) is 17.5. The van der Waals surface area contributed by atoms with Crippen LogP contribution in [0.4, 0.5) is 0 Å². The molecule has 0 N–H and O–H groups in total. The first-order chi connectivity index (χ1) is 26.3. The fourth-order valence-electron chi connectivity index (χ4n) is 7.47. The first kappa shape index (κ1) is 29.4. The predicted octanol–water partition coefficient (Wildman–Crippen LogP) is 11.7. The third kappa shape index (κ3) is 4.68. The van der Waals surface area contributed by atoms with Crippen molar-refractivity contribution in [3.05, 3.63) is 164 Å². The lowest BCUT2D eigenvalue weighted by atomic mass is 10.1. The van der Waals surface area contributed by atoms with E-state index in [9.17, 15) is 0 Å². The Labute approximate surface area is 302 Å². The zero-order valence-corrected chi connectivity index (χ0v) is 28.1. The van der Waals surface area contributed by atoms with E-state index in [1.165, 1.54) is 0 Å². The van der Waals surface area contributed by atoms with Crippen LogP contribution in [0.5, 0.6) is 0 Å². The van der Waals surface area contributed by atoms with Gasteiger partial charge in [-0.1, -0.05) is 91.0 Å². The van der Waals surface area contributed by atoms with Gasteiger partial charge in [-0.15, -0.1) is 0 Å². The summed E-state index contributed by atoms with van der Waals surface area (Å²) in [5, 5.41) is 4.30. The average molecular weight is 682 g/mol. The van der Waals surface area contributed by atoms with Gasteiger partial charge in [0.1, 0.15) is 16.7 Å². The van der Waals surface area contributed by atoms with Crippen LogP contribution in [0.3, 0.4) is 0 Å². The molecule has 0 fully saturated rings. The highest BCUT2D eigenvalue weighted by Gasteiger charge is 2.21. The Bertz CT molecular complexity index is 3180. The molecular weight excluding hydrogens is 655 g/mol. The third-order valence-corrected chi connectivity index (χ3v) is 9.90. The highest BCUT2D eigenvalue weighted by molar-refractivity contribution is 6.11. The lowest BCUT2D eigenvalue weighted by Crippen LogP contribution is -2.00. The van der Waals surface area contributed by atoms with Crippen LogP contribution in [0.1, 0.15) is 0 Å². The third-order valence-electron chi connectivity index (χ3n) is 9.90. The van der Waals surface area contributed by atoms with Crippen molar-refractivity contribution in [3.63, 3.8) is 0 Å². The van der Waals surface area contributed by atoms with Gasteiger partial charge in [-0.05, 0) is 72.8 Å². The second-order valence-electron chi connectivity index (χ2n) is 13.0. The lowest BCUT2D eigenvalue weighted by molar-refractivity contribution is 0.620. The molecule has 0 aliphatic carbocycles. The maximum atomic E-state index is 6.47. The summed E-state index contributed by atoms with van der Waals surface area (Å²) < 4.78 is 15.2. The van der Waals surface area contributed by atoms with E-state index in [-0.39, 0.29) is 0 Å². The highest BCUT2D eigenvalue weighted by Crippen LogP contribution is 2.39. The molecule has 0 aliphatic heterocycles. The van der Waals surface area contributed by atoms with Crippen molar-refractivity contribution in [3.8, 4) is 51.3 Å². The van der Waals surface area contributed by atoms with Gasteiger partial charge in [0.15, 0.2) is 23.1 Å². The van der Waals surface area contributed by atoms with Crippen molar-refractivity contribution in [1.29, 1.82) is 0 Å². The second-order valence-corrected chi connectivity index (χ2v) is 13.0. The summed E-state index contributed by atoms with van der Waals surface area (Å²) in [6.07, 6.45) is 0. The number of aromatic nitrogens is 5. The Morgan fingerprint density at radius 2 is 1.04 bits per heavy atom. The molecule has 53 heavy (non-hydrogen) atoms. The largest absolute Gasteiger partial charge is 0.455 e. The summed E-state index contributed by atoms with van der Waals surface area (Å²) in [7, 11) is 0. The zero-order chi connectivity index (χ0) is 34.9. The van der Waals surface area contributed by atoms with Crippen molar-refractivity contribution in [2.75, 3.05) is 0 Å². The topological polar surface area (TPSA) is 82.8 Å². The van der Waals surface area contributed by atoms with Crippen molar-refractivity contribution in [1.82, 2.24) is 24.5 Å². The molecule has 248 valence electrons. The molecule has 0 atom stereocenters. The fourth-order valence-corrected chi connectivity index (χ4v) is 7.47. The Kier molecular flexibility index (Phi) is 6.42. The van der Waals surface area contributed by atoms with Crippen LogP contribution in [-0.4, -0.2) is 24.5 Å². The van der Waals surface area contributed by atoms with Crippen molar-refractivity contribution in [2.45, 2.75) is 0 Å². The summed E-state index contributed by atoms with van der Waals surface area (Å²) >= 11 is 0. The number of fused-ring (bicyclic) bond motifs is 7. The SMILES string of the molecule is c1ccc(-c2nc3cccc(-c4nc(-c5ccc6c(c5)c5ccccc5n6-c5ccccc5)nc(-c5cccc6c5oc5ccccc56)n4)c3o2)cc1. The van der Waals surface area contributed by atoms with E-state index in [1.54, 1.807) is 0 Å². The van der Waals surface area contributed by atoms with E-state index in [2.05, 4.69) is 83.4 Å². The van der Waals surface area contributed by atoms with Crippen molar-refractivity contribution in [2.24, 2.45) is 0 Å². The van der Waals surface area contributed by atoms with E-state index in [0.717, 1.165) is 77.2 Å². The summed E-state index contributed by atoms with van der Waals surface area (Å²) in [6.45, 7) is 0. The average Bonchev–Trinajstić information content (AvgIpc) is 3.93. The molecule has 4 heterocycles.